The van der Waals surface area contributed by atoms with Crippen LogP contribution in [0.2, 0.25) is 0 Å². The Balaban J connectivity index is 1.43. The number of benzene rings is 2. The van der Waals surface area contributed by atoms with Crippen LogP contribution in [0.5, 0.6) is 5.75 Å². The smallest absolute Gasteiger partial charge is 0.410 e. The minimum atomic E-state index is -0.252. The zero-order valence-corrected chi connectivity index (χ0v) is 17.2. The molecule has 29 heavy (non-hydrogen) atoms. The molecule has 2 aromatic carbocycles. The van der Waals surface area contributed by atoms with Crippen molar-refractivity contribution in [1.29, 1.82) is 0 Å². The Morgan fingerprint density at radius 2 is 1.59 bits per heavy atom. The molecule has 1 atom stereocenters. The molecule has 0 spiro atoms. The van der Waals surface area contributed by atoms with Crippen molar-refractivity contribution in [3.05, 3.63) is 65.7 Å². The van der Waals surface area contributed by atoms with E-state index in [0.29, 0.717) is 18.8 Å². The van der Waals surface area contributed by atoms with Crippen LogP contribution in [0.15, 0.2) is 54.6 Å². The number of para-hydroxylation sites is 1. The van der Waals surface area contributed by atoms with E-state index in [2.05, 4.69) is 29.2 Å². The summed E-state index contributed by atoms with van der Waals surface area (Å²) in [5.74, 6) is 0.599. The molecule has 0 aromatic heterocycles. The van der Waals surface area contributed by atoms with E-state index in [1.54, 1.807) is 0 Å². The minimum Gasteiger partial charge on any atom is -0.410 e. The number of rotatable bonds is 4. The van der Waals surface area contributed by atoms with Gasteiger partial charge in [0.15, 0.2) is 0 Å². The highest BCUT2D eigenvalue weighted by Gasteiger charge is 2.42. The number of amides is 1. The second kappa shape index (κ2) is 8.56. The number of piperazine rings is 1. The number of hydrogen-bond acceptors (Lipinski definition) is 4. The molecule has 1 amide bonds. The van der Waals surface area contributed by atoms with Crippen molar-refractivity contribution >= 4 is 6.09 Å². The van der Waals surface area contributed by atoms with Crippen LogP contribution in [0.25, 0.3) is 0 Å². The SMILES string of the molecule is C[C@H](N)c1ccc(C2(N3CCN(C(=O)Oc4ccccc4)CC3)CCCC2)cc1. The van der Waals surface area contributed by atoms with E-state index in [4.69, 9.17) is 10.5 Å². The summed E-state index contributed by atoms with van der Waals surface area (Å²) in [6.07, 6.45) is 4.62. The average molecular weight is 394 g/mol. The third-order valence-electron chi connectivity index (χ3n) is 6.50. The summed E-state index contributed by atoms with van der Waals surface area (Å²) in [5, 5.41) is 0. The zero-order chi connectivity index (χ0) is 20.3. The van der Waals surface area contributed by atoms with Crippen molar-refractivity contribution in [2.75, 3.05) is 26.2 Å². The maximum atomic E-state index is 12.5. The molecule has 1 aliphatic carbocycles. The predicted molar refractivity (Wildman–Crippen MR) is 115 cm³/mol. The first-order valence-electron chi connectivity index (χ1n) is 10.7. The summed E-state index contributed by atoms with van der Waals surface area (Å²) < 4.78 is 5.52. The van der Waals surface area contributed by atoms with E-state index < -0.39 is 0 Å². The first-order valence-corrected chi connectivity index (χ1v) is 10.7. The van der Waals surface area contributed by atoms with E-state index in [9.17, 15) is 4.79 Å². The Labute approximate surface area is 173 Å². The Morgan fingerprint density at radius 1 is 0.966 bits per heavy atom. The molecule has 0 unspecified atom stereocenters. The Morgan fingerprint density at radius 3 is 2.17 bits per heavy atom. The summed E-state index contributed by atoms with van der Waals surface area (Å²) in [4.78, 5) is 16.9. The highest BCUT2D eigenvalue weighted by Crippen LogP contribution is 2.44. The molecule has 2 N–H and O–H groups in total. The molecule has 1 saturated carbocycles. The molecule has 5 nitrogen and oxygen atoms in total. The second-order valence-electron chi connectivity index (χ2n) is 8.30. The third kappa shape index (κ3) is 4.16. The van der Waals surface area contributed by atoms with Crippen LogP contribution in [0.1, 0.15) is 49.8 Å². The monoisotopic (exact) mass is 393 g/mol. The molecule has 1 saturated heterocycles. The fourth-order valence-corrected chi connectivity index (χ4v) is 4.82. The minimum absolute atomic E-state index is 0.0581. The number of carbonyl (C=O) groups excluding carboxylic acids is 1. The molecular formula is C24H31N3O2. The zero-order valence-electron chi connectivity index (χ0n) is 17.2. The first-order chi connectivity index (χ1) is 14.1. The summed E-state index contributed by atoms with van der Waals surface area (Å²) >= 11 is 0. The largest absolute Gasteiger partial charge is 0.415 e. The number of hydrogen-bond donors (Lipinski definition) is 1. The van der Waals surface area contributed by atoms with Crippen molar-refractivity contribution in [3.8, 4) is 5.75 Å². The van der Waals surface area contributed by atoms with Gasteiger partial charge in [-0.2, -0.15) is 0 Å². The quantitative estimate of drug-likeness (QED) is 0.842. The van der Waals surface area contributed by atoms with Gasteiger partial charge in [-0.3, -0.25) is 4.90 Å². The lowest BCUT2D eigenvalue weighted by Crippen LogP contribution is -2.56. The van der Waals surface area contributed by atoms with E-state index in [1.165, 1.54) is 36.8 Å². The van der Waals surface area contributed by atoms with Gasteiger partial charge in [0.2, 0.25) is 0 Å². The maximum absolute atomic E-state index is 12.5. The van der Waals surface area contributed by atoms with Crippen LogP contribution < -0.4 is 10.5 Å². The third-order valence-corrected chi connectivity index (χ3v) is 6.50. The van der Waals surface area contributed by atoms with Gasteiger partial charge < -0.3 is 15.4 Å². The number of ether oxygens (including phenoxy) is 1. The predicted octanol–water partition coefficient (Wildman–Crippen LogP) is 4.29. The van der Waals surface area contributed by atoms with Crippen molar-refractivity contribution < 1.29 is 9.53 Å². The Kier molecular flexibility index (Phi) is 5.88. The summed E-state index contributed by atoms with van der Waals surface area (Å²) in [6.45, 7) is 5.17. The van der Waals surface area contributed by atoms with Crippen molar-refractivity contribution in [3.63, 3.8) is 0 Å². The second-order valence-corrected chi connectivity index (χ2v) is 8.30. The lowest BCUT2D eigenvalue weighted by molar-refractivity contribution is 0.0354. The number of nitrogens with zero attached hydrogens (tertiary/aromatic N) is 2. The molecule has 1 aliphatic heterocycles. The van der Waals surface area contributed by atoms with Crippen molar-refractivity contribution in [2.45, 2.75) is 44.2 Å². The maximum Gasteiger partial charge on any atom is 0.415 e. The number of carbonyl (C=O) groups is 1. The highest BCUT2D eigenvalue weighted by molar-refractivity contribution is 5.70. The van der Waals surface area contributed by atoms with E-state index in [1.807, 2.05) is 42.2 Å². The van der Waals surface area contributed by atoms with Crippen molar-refractivity contribution in [2.24, 2.45) is 5.73 Å². The van der Waals surface area contributed by atoms with Crippen LogP contribution in [-0.2, 0) is 5.54 Å². The average Bonchev–Trinajstić information content (AvgIpc) is 3.26. The lowest BCUT2D eigenvalue weighted by atomic mass is 9.85. The first kappa shape index (κ1) is 19.9. The van der Waals surface area contributed by atoms with Crippen LogP contribution in [0.4, 0.5) is 4.79 Å². The van der Waals surface area contributed by atoms with Gasteiger partial charge in [-0.1, -0.05) is 55.3 Å². The van der Waals surface area contributed by atoms with Crippen LogP contribution >= 0.6 is 0 Å². The molecule has 2 fully saturated rings. The molecule has 5 heteroatoms. The molecular weight excluding hydrogens is 362 g/mol. The topological polar surface area (TPSA) is 58.8 Å². The lowest BCUT2D eigenvalue weighted by Gasteiger charge is -2.46. The van der Waals surface area contributed by atoms with Gasteiger partial charge in [0.05, 0.1) is 0 Å². The van der Waals surface area contributed by atoms with Crippen LogP contribution in [-0.4, -0.2) is 42.1 Å². The van der Waals surface area contributed by atoms with E-state index in [0.717, 1.165) is 13.1 Å². The molecule has 0 radical (unpaired) electrons. The standard InChI is InChI=1S/C24H31N3O2/c1-19(25)20-9-11-21(12-10-20)24(13-5-6-14-24)27-17-15-26(16-18-27)23(28)29-22-7-3-2-4-8-22/h2-4,7-12,19H,5-6,13-18,25H2,1H3/t19-/m0/s1. The summed E-state index contributed by atoms with van der Waals surface area (Å²) in [7, 11) is 0. The van der Waals surface area contributed by atoms with E-state index in [-0.39, 0.29) is 17.7 Å². The normalized spacial score (nSPS) is 20.4. The Hall–Kier alpha value is -2.37. The fraction of sp³-hybridized carbons (Fsp3) is 0.458. The van der Waals surface area contributed by atoms with Gasteiger partial charge in [-0.25, -0.2) is 4.79 Å². The molecule has 1 heterocycles. The van der Waals surface area contributed by atoms with E-state index >= 15 is 0 Å². The Bertz CT molecular complexity index is 806. The van der Waals surface area contributed by atoms with Gasteiger partial charge in [0.1, 0.15) is 5.75 Å². The fourth-order valence-electron chi connectivity index (χ4n) is 4.82. The van der Waals surface area contributed by atoms with Gasteiger partial charge in [-0.05, 0) is 43.0 Å². The molecule has 154 valence electrons. The molecule has 4 rings (SSSR count). The highest BCUT2D eigenvalue weighted by atomic mass is 16.6. The van der Waals surface area contributed by atoms with Crippen LogP contribution in [0.3, 0.4) is 0 Å². The van der Waals surface area contributed by atoms with Gasteiger partial charge in [0, 0.05) is 37.8 Å². The van der Waals surface area contributed by atoms with Crippen molar-refractivity contribution in [1.82, 2.24) is 9.80 Å². The molecule has 0 bridgehead atoms. The van der Waals surface area contributed by atoms with Gasteiger partial charge in [0.25, 0.3) is 0 Å². The molecule has 2 aliphatic rings. The van der Waals surface area contributed by atoms with Crippen LogP contribution in [0, 0.1) is 0 Å². The molecule has 2 aromatic rings. The van der Waals surface area contributed by atoms with Gasteiger partial charge >= 0.3 is 6.09 Å². The van der Waals surface area contributed by atoms with Gasteiger partial charge in [-0.15, -0.1) is 0 Å². The summed E-state index contributed by atoms with van der Waals surface area (Å²) in [5.41, 5.74) is 8.69. The number of nitrogens with two attached hydrogens (primary N) is 1. The summed E-state index contributed by atoms with van der Waals surface area (Å²) in [6, 6.07) is 18.2.